The Balaban J connectivity index is 1.73. The first kappa shape index (κ1) is 20.5. The molecular weight excluding hydrogens is 390 g/mol. The van der Waals surface area contributed by atoms with E-state index in [1.54, 1.807) is 38.4 Å². The van der Waals surface area contributed by atoms with Crippen molar-refractivity contribution in [3.63, 3.8) is 0 Å². The van der Waals surface area contributed by atoms with E-state index in [4.69, 9.17) is 14.2 Å². The first-order valence-corrected chi connectivity index (χ1v) is 10.1. The number of para-hydroxylation sites is 2. The van der Waals surface area contributed by atoms with Gasteiger partial charge in [0.15, 0.2) is 11.5 Å². The van der Waals surface area contributed by atoms with E-state index in [1.165, 1.54) is 0 Å². The molecule has 0 spiro atoms. The molecule has 5 nitrogen and oxygen atoms in total. The lowest BCUT2D eigenvalue weighted by Crippen LogP contribution is -2.24. The van der Waals surface area contributed by atoms with E-state index in [-0.39, 0.29) is 5.91 Å². The Hall–Kier alpha value is -3.73. The molecule has 0 saturated carbocycles. The molecule has 1 amide bonds. The van der Waals surface area contributed by atoms with E-state index in [0.717, 1.165) is 40.9 Å². The van der Waals surface area contributed by atoms with Gasteiger partial charge >= 0.3 is 0 Å². The molecule has 0 atom stereocenters. The third-order valence-electron chi connectivity index (χ3n) is 5.45. The van der Waals surface area contributed by atoms with Crippen LogP contribution in [0.15, 0.2) is 66.7 Å². The van der Waals surface area contributed by atoms with Crippen molar-refractivity contribution in [2.24, 2.45) is 0 Å². The number of aryl methyl sites for hydroxylation is 2. The standard InChI is InChI=1S/C26H25NO4/c1-29-23-16-18(17-24(30-2)26(23)31-3)12-15-25(28)27-21-10-6-4-8-19(21)13-14-20-9-5-7-11-22(20)27/h4-12,15-17H,13-14H2,1-3H3/b15-12+. The highest BCUT2D eigenvalue weighted by Crippen LogP contribution is 2.39. The predicted octanol–water partition coefficient (Wildman–Crippen LogP) is 5.19. The van der Waals surface area contributed by atoms with Crippen molar-refractivity contribution in [3.8, 4) is 17.2 Å². The van der Waals surface area contributed by atoms with Gasteiger partial charge in [-0.25, -0.2) is 0 Å². The molecule has 158 valence electrons. The Labute approximate surface area is 182 Å². The van der Waals surface area contributed by atoms with Crippen LogP contribution in [0.2, 0.25) is 0 Å². The Morgan fingerprint density at radius 3 is 1.81 bits per heavy atom. The third-order valence-corrected chi connectivity index (χ3v) is 5.45. The molecule has 0 unspecified atom stereocenters. The van der Waals surface area contributed by atoms with E-state index in [9.17, 15) is 4.79 Å². The molecule has 0 N–H and O–H groups in total. The Morgan fingerprint density at radius 2 is 1.32 bits per heavy atom. The molecular formula is C26H25NO4. The molecule has 0 fully saturated rings. The number of carbonyl (C=O) groups is 1. The lowest BCUT2D eigenvalue weighted by Gasteiger charge is -2.23. The van der Waals surface area contributed by atoms with Gasteiger partial charge in [-0.05, 0) is 59.9 Å². The fourth-order valence-corrected chi connectivity index (χ4v) is 3.96. The van der Waals surface area contributed by atoms with Crippen LogP contribution in [0.25, 0.3) is 6.08 Å². The average molecular weight is 415 g/mol. The molecule has 31 heavy (non-hydrogen) atoms. The van der Waals surface area contributed by atoms with Gasteiger partial charge in [0.05, 0.1) is 32.7 Å². The number of carbonyl (C=O) groups excluding carboxylic acids is 1. The van der Waals surface area contributed by atoms with Crippen LogP contribution in [0.4, 0.5) is 11.4 Å². The highest BCUT2D eigenvalue weighted by molar-refractivity contribution is 6.10. The van der Waals surface area contributed by atoms with Gasteiger partial charge in [-0.15, -0.1) is 0 Å². The zero-order chi connectivity index (χ0) is 21.8. The van der Waals surface area contributed by atoms with Crippen LogP contribution in [0.1, 0.15) is 16.7 Å². The number of nitrogens with zero attached hydrogens (tertiary/aromatic N) is 1. The number of methoxy groups -OCH3 is 3. The van der Waals surface area contributed by atoms with Gasteiger partial charge in [0.1, 0.15) is 0 Å². The summed E-state index contributed by atoms with van der Waals surface area (Å²) in [7, 11) is 4.70. The maximum absolute atomic E-state index is 13.4. The number of benzene rings is 3. The Bertz CT molecular complexity index is 1060. The van der Waals surface area contributed by atoms with Gasteiger partial charge in [0.2, 0.25) is 5.75 Å². The number of ether oxygens (including phenoxy) is 3. The fourth-order valence-electron chi connectivity index (χ4n) is 3.96. The maximum atomic E-state index is 13.4. The maximum Gasteiger partial charge on any atom is 0.255 e. The van der Waals surface area contributed by atoms with Gasteiger partial charge in [0, 0.05) is 6.08 Å². The highest BCUT2D eigenvalue weighted by atomic mass is 16.5. The highest BCUT2D eigenvalue weighted by Gasteiger charge is 2.24. The van der Waals surface area contributed by atoms with Gasteiger partial charge in [-0.3, -0.25) is 9.69 Å². The molecule has 3 aromatic carbocycles. The van der Waals surface area contributed by atoms with Gasteiger partial charge in [-0.1, -0.05) is 36.4 Å². The van der Waals surface area contributed by atoms with Crippen molar-refractivity contribution >= 4 is 23.4 Å². The second kappa shape index (κ2) is 8.96. The molecule has 4 rings (SSSR count). The van der Waals surface area contributed by atoms with E-state index in [0.29, 0.717) is 17.2 Å². The fraction of sp³-hybridized carbons (Fsp3) is 0.192. The van der Waals surface area contributed by atoms with E-state index >= 15 is 0 Å². The van der Waals surface area contributed by atoms with Gasteiger partial charge in [-0.2, -0.15) is 0 Å². The molecule has 3 aromatic rings. The van der Waals surface area contributed by atoms with E-state index in [2.05, 4.69) is 12.1 Å². The van der Waals surface area contributed by atoms with E-state index < -0.39 is 0 Å². The minimum Gasteiger partial charge on any atom is -0.493 e. The second-order valence-electron chi connectivity index (χ2n) is 7.22. The molecule has 5 heteroatoms. The van der Waals surface area contributed by atoms with Crippen molar-refractivity contribution in [3.05, 3.63) is 83.4 Å². The summed E-state index contributed by atoms with van der Waals surface area (Å²) < 4.78 is 16.2. The third kappa shape index (κ3) is 3.99. The molecule has 0 aliphatic carbocycles. The molecule has 1 aliphatic rings. The SMILES string of the molecule is COc1cc(/C=C/C(=O)N2c3ccccc3CCc3ccccc32)cc(OC)c1OC. The molecule has 0 aromatic heterocycles. The van der Waals surface area contributed by atoms with Crippen LogP contribution in [0, 0.1) is 0 Å². The first-order valence-electron chi connectivity index (χ1n) is 10.1. The summed E-state index contributed by atoms with van der Waals surface area (Å²) in [6.45, 7) is 0. The summed E-state index contributed by atoms with van der Waals surface area (Å²) in [5.74, 6) is 1.48. The smallest absolute Gasteiger partial charge is 0.255 e. The Morgan fingerprint density at radius 1 is 0.806 bits per heavy atom. The number of fused-ring (bicyclic) bond motifs is 2. The number of hydrogen-bond donors (Lipinski definition) is 0. The first-order chi connectivity index (χ1) is 15.2. The number of rotatable bonds is 5. The molecule has 0 radical (unpaired) electrons. The quantitative estimate of drug-likeness (QED) is 0.538. The summed E-state index contributed by atoms with van der Waals surface area (Å²) in [4.78, 5) is 15.2. The minimum absolute atomic E-state index is 0.115. The summed E-state index contributed by atoms with van der Waals surface area (Å²) in [6, 6.07) is 19.8. The lowest BCUT2D eigenvalue weighted by molar-refractivity contribution is -0.113. The zero-order valence-corrected chi connectivity index (χ0v) is 17.9. The molecule has 1 heterocycles. The van der Waals surface area contributed by atoms with Crippen LogP contribution in [0.5, 0.6) is 17.2 Å². The summed E-state index contributed by atoms with van der Waals surface area (Å²) in [6.07, 6.45) is 5.14. The van der Waals surface area contributed by atoms with Crippen molar-refractivity contribution in [2.45, 2.75) is 12.8 Å². The summed E-state index contributed by atoms with van der Waals surface area (Å²) in [5.41, 5.74) is 4.94. The molecule has 0 bridgehead atoms. The van der Waals surface area contributed by atoms with Crippen LogP contribution in [-0.4, -0.2) is 27.2 Å². The summed E-state index contributed by atoms with van der Waals surface area (Å²) in [5, 5.41) is 0. The van der Waals surface area contributed by atoms with Gasteiger partial charge < -0.3 is 14.2 Å². The van der Waals surface area contributed by atoms with Crippen LogP contribution in [-0.2, 0) is 17.6 Å². The van der Waals surface area contributed by atoms with Crippen molar-refractivity contribution in [1.82, 2.24) is 0 Å². The normalized spacial score (nSPS) is 12.7. The summed E-state index contributed by atoms with van der Waals surface area (Å²) >= 11 is 0. The Kier molecular flexibility index (Phi) is 5.94. The average Bonchev–Trinajstić information content (AvgIpc) is 2.98. The number of anilines is 2. The zero-order valence-electron chi connectivity index (χ0n) is 17.9. The topological polar surface area (TPSA) is 48.0 Å². The van der Waals surface area contributed by atoms with Crippen molar-refractivity contribution in [2.75, 3.05) is 26.2 Å². The monoisotopic (exact) mass is 415 g/mol. The largest absolute Gasteiger partial charge is 0.493 e. The van der Waals surface area contributed by atoms with E-state index in [1.807, 2.05) is 48.5 Å². The van der Waals surface area contributed by atoms with Crippen LogP contribution in [0.3, 0.4) is 0 Å². The molecule has 0 saturated heterocycles. The number of hydrogen-bond acceptors (Lipinski definition) is 4. The van der Waals surface area contributed by atoms with Crippen molar-refractivity contribution in [1.29, 1.82) is 0 Å². The van der Waals surface area contributed by atoms with Crippen LogP contribution < -0.4 is 19.1 Å². The second-order valence-corrected chi connectivity index (χ2v) is 7.22. The van der Waals surface area contributed by atoms with Crippen molar-refractivity contribution < 1.29 is 19.0 Å². The minimum atomic E-state index is -0.115. The number of amides is 1. The lowest BCUT2D eigenvalue weighted by atomic mass is 10.0. The van der Waals surface area contributed by atoms with Crippen LogP contribution >= 0.6 is 0 Å². The van der Waals surface area contributed by atoms with Gasteiger partial charge in [0.25, 0.3) is 5.91 Å². The molecule has 1 aliphatic heterocycles. The predicted molar refractivity (Wildman–Crippen MR) is 123 cm³/mol.